The molecule has 0 saturated carbocycles. The van der Waals surface area contributed by atoms with Gasteiger partial charge in [-0.05, 0) is 5.92 Å². The zero-order valence-electron chi connectivity index (χ0n) is 9.02. The highest BCUT2D eigenvalue weighted by Gasteiger charge is 2.11. The van der Waals surface area contributed by atoms with Crippen LogP contribution in [0.15, 0.2) is 17.8 Å². The van der Waals surface area contributed by atoms with Crippen LogP contribution < -0.4 is 5.32 Å². The molecule has 2 N–H and O–H groups in total. The molecule has 0 radical (unpaired) electrons. The summed E-state index contributed by atoms with van der Waals surface area (Å²) < 4.78 is 0. The van der Waals surface area contributed by atoms with E-state index in [1.54, 1.807) is 6.20 Å². The van der Waals surface area contributed by atoms with Crippen LogP contribution in [0.4, 0.5) is 5.13 Å². The summed E-state index contributed by atoms with van der Waals surface area (Å²) in [5.74, 6) is 0.390. The summed E-state index contributed by atoms with van der Waals surface area (Å²) in [6.07, 6.45) is 3.15. The van der Waals surface area contributed by atoms with E-state index in [0.29, 0.717) is 16.9 Å². The van der Waals surface area contributed by atoms with Crippen molar-refractivity contribution >= 4 is 22.4 Å². The quantitative estimate of drug-likeness (QED) is 0.858. The van der Waals surface area contributed by atoms with Crippen molar-refractivity contribution < 1.29 is 4.79 Å². The molecule has 6 heteroatoms. The molecule has 2 rings (SSSR count). The third-order valence-electron chi connectivity index (χ3n) is 2.05. The third kappa shape index (κ3) is 2.27. The number of H-pyrrole nitrogens is 1. The Kier molecular flexibility index (Phi) is 3.00. The van der Waals surface area contributed by atoms with Gasteiger partial charge in [0.25, 0.3) is 5.91 Å². The number of thiazole rings is 1. The number of nitrogens with one attached hydrogen (secondary N) is 2. The van der Waals surface area contributed by atoms with Crippen molar-refractivity contribution in [1.29, 1.82) is 0 Å². The minimum Gasteiger partial charge on any atom is -0.341 e. The first-order valence-corrected chi connectivity index (χ1v) is 5.81. The fourth-order valence-electron chi connectivity index (χ4n) is 1.15. The number of rotatable bonds is 3. The Morgan fingerprint density at radius 1 is 1.56 bits per heavy atom. The number of carbonyl (C=O) groups is 1. The Hall–Kier alpha value is -1.69. The number of hydrogen-bond donors (Lipinski definition) is 2. The Balaban J connectivity index is 2.07. The van der Waals surface area contributed by atoms with Gasteiger partial charge in [0.1, 0.15) is 0 Å². The van der Waals surface area contributed by atoms with Gasteiger partial charge in [-0.2, -0.15) is 0 Å². The van der Waals surface area contributed by atoms with Crippen molar-refractivity contribution in [2.24, 2.45) is 0 Å². The summed E-state index contributed by atoms with van der Waals surface area (Å²) in [6, 6.07) is 0. The first kappa shape index (κ1) is 10.8. The van der Waals surface area contributed by atoms with Crippen LogP contribution in [0.25, 0.3) is 0 Å². The normalized spacial score (nSPS) is 10.7. The van der Waals surface area contributed by atoms with E-state index in [9.17, 15) is 4.79 Å². The standard InChI is InChI=1S/C10H12N4OS/c1-6(2)7-5-16-10(13-7)14-9(15)8-11-3-4-12-8/h3-6H,1-2H3,(H,11,12)(H,13,14,15). The zero-order chi connectivity index (χ0) is 11.5. The van der Waals surface area contributed by atoms with E-state index in [0.717, 1.165) is 5.69 Å². The van der Waals surface area contributed by atoms with Crippen molar-refractivity contribution in [3.8, 4) is 0 Å². The van der Waals surface area contributed by atoms with Gasteiger partial charge in [-0.3, -0.25) is 10.1 Å². The molecular formula is C10H12N4OS. The van der Waals surface area contributed by atoms with Crippen LogP contribution in [0.1, 0.15) is 36.1 Å². The van der Waals surface area contributed by atoms with E-state index >= 15 is 0 Å². The van der Waals surface area contributed by atoms with E-state index in [-0.39, 0.29) is 5.91 Å². The maximum absolute atomic E-state index is 11.6. The first-order valence-electron chi connectivity index (χ1n) is 4.93. The van der Waals surface area contributed by atoms with E-state index in [1.165, 1.54) is 17.5 Å². The third-order valence-corrected chi connectivity index (χ3v) is 2.82. The van der Waals surface area contributed by atoms with Gasteiger partial charge in [-0.25, -0.2) is 9.97 Å². The van der Waals surface area contributed by atoms with Gasteiger partial charge in [0, 0.05) is 17.8 Å². The predicted octanol–water partition coefficient (Wildman–Crippen LogP) is 2.24. The van der Waals surface area contributed by atoms with Gasteiger partial charge in [-0.15, -0.1) is 11.3 Å². The lowest BCUT2D eigenvalue weighted by molar-refractivity contribution is 0.101. The SMILES string of the molecule is CC(C)c1csc(NC(=O)c2ncc[nH]2)n1. The molecule has 0 aliphatic rings. The Morgan fingerprint density at radius 3 is 2.94 bits per heavy atom. The molecule has 1 amide bonds. The van der Waals surface area contributed by atoms with Gasteiger partial charge in [0.05, 0.1) is 5.69 Å². The van der Waals surface area contributed by atoms with Gasteiger partial charge in [0.15, 0.2) is 11.0 Å². The van der Waals surface area contributed by atoms with Crippen molar-refractivity contribution in [1.82, 2.24) is 15.0 Å². The number of carbonyl (C=O) groups excluding carboxylic acids is 1. The second kappa shape index (κ2) is 4.44. The number of imidazole rings is 1. The Bertz CT molecular complexity index is 475. The topological polar surface area (TPSA) is 70.7 Å². The van der Waals surface area contributed by atoms with Crippen molar-refractivity contribution in [2.75, 3.05) is 5.32 Å². The van der Waals surface area contributed by atoms with Crippen molar-refractivity contribution in [2.45, 2.75) is 19.8 Å². The largest absolute Gasteiger partial charge is 0.341 e. The average Bonchev–Trinajstić information content (AvgIpc) is 2.87. The molecule has 0 aliphatic carbocycles. The van der Waals surface area contributed by atoms with Crippen LogP contribution in [-0.2, 0) is 0 Å². The molecule has 16 heavy (non-hydrogen) atoms. The summed E-state index contributed by atoms with van der Waals surface area (Å²) in [6.45, 7) is 4.13. The van der Waals surface area contributed by atoms with Crippen LogP contribution >= 0.6 is 11.3 Å². The predicted molar refractivity (Wildman–Crippen MR) is 62.7 cm³/mol. The number of aromatic nitrogens is 3. The van der Waals surface area contributed by atoms with Crippen molar-refractivity contribution in [3.63, 3.8) is 0 Å². The molecule has 84 valence electrons. The highest BCUT2D eigenvalue weighted by atomic mass is 32.1. The summed E-state index contributed by atoms with van der Waals surface area (Å²) in [5.41, 5.74) is 0.986. The zero-order valence-corrected chi connectivity index (χ0v) is 9.84. The number of hydrogen-bond acceptors (Lipinski definition) is 4. The maximum Gasteiger partial charge on any atom is 0.293 e. The fraction of sp³-hybridized carbons (Fsp3) is 0.300. The lowest BCUT2D eigenvalue weighted by atomic mass is 10.2. The van der Waals surface area contributed by atoms with Crippen LogP contribution in [0.2, 0.25) is 0 Å². The van der Waals surface area contributed by atoms with E-state index in [4.69, 9.17) is 0 Å². The number of amides is 1. The summed E-state index contributed by atoms with van der Waals surface area (Å²) in [5, 5.41) is 5.24. The molecule has 0 fully saturated rings. The molecule has 5 nitrogen and oxygen atoms in total. The second-order valence-electron chi connectivity index (χ2n) is 3.62. The highest BCUT2D eigenvalue weighted by Crippen LogP contribution is 2.21. The van der Waals surface area contributed by atoms with Gasteiger partial charge in [0.2, 0.25) is 0 Å². The molecule has 0 spiro atoms. The summed E-state index contributed by atoms with van der Waals surface area (Å²) in [7, 11) is 0. The highest BCUT2D eigenvalue weighted by molar-refractivity contribution is 7.14. The molecule has 0 unspecified atom stereocenters. The lowest BCUT2D eigenvalue weighted by Gasteiger charge is -1.99. The summed E-state index contributed by atoms with van der Waals surface area (Å²) in [4.78, 5) is 22.5. The molecule has 0 aliphatic heterocycles. The number of anilines is 1. The minimum atomic E-state index is -0.269. The van der Waals surface area contributed by atoms with Gasteiger partial charge >= 0.3 is 0 Å². The monoisotopic (exact) mass is 236 g/mol. The second-order valence-corrected chi connectivity index (χ2v) is 4.48. The molecule has 0 saturated heterocycles. The van der Waals surface area contributed by atoms with Crippen LogP contribution in [0.5, 0.6) is 0 Å². The molecular weight excluding hydrogens is 224 g/mol. The van der Waals surface area contributed by atoms with Gasteiger partial charge in [-0.1, -0.05) is 13.8 Å². The fourth-order valence-corrected chi connectivity index (χ4v) is 2.02. The molecule has 0 atom stereocenters. The molecule has 2 aromatic heterocycles. The lowest BCUT2D eigenvalue weighted by Crippen LogP contribution is -2.13. The number of nitrogens with zero attached hydrogens (tertiary/aromatic N) is 2. The molecule has 0 bridgehead atoms. The van der Waals surface area contributed by atoms with Crippen LogP contribution in [-0.4, -0.2) is 20.9 Å². The van der Waals surface area contributed by atoms with Crippen LogP contribution in [0.3, 0.4) is 0 Å². The maximum atomic E-state index is 11.6. The minimum absolute atomic E-state index is 0.269. The van der Waals surface area contributed by atoms with E-state index in [2.05, 4.69) is 34.1 Å². The van der Waals surface area contributed by atoms with E-state index < -0.39 is 0 Å². The van der Waals surface area contributed by atoms with Gasteiger partial charge < -0.3 is 4.98 Å². The van der Waals surface area contributed by atoms with Crippen molar-refractivity contribution in [3.05, 3.63) is 29.3 Å². The van der Waals surface area contributed by atoms with E-state index in [1.807, 2.05) is 5.38 Å². The smallest absolute Gasteiger partial charge is 0.293 e. The van der Waals surface area contributed by atoms with Crippen LogP contribution in [0, 0.1) is 0 Å². The molecule has 2 aromatic rings. The summed E-state index contributed by atoms with van der Waals surface area (Å²) >= 11 is 1.42. The first-order chi connectivity index (χ1) is 7.66. The average molecular weight is 236 g/mol. The molecule has 0 aromatic carbocycles. The number of aromatic amines is 1. The molecule has 2 heterocycles. The Morgan fingerprint density at radius 2 is 2.38 bits per heavy atom. The Labute approximate surface area is 96.9 Å².